The molecule has 0 aliphatic carbocycles. The molecule has 70 valence electrons. The first-order chi connectivity index (χ1) is 5.74. The van der Waals surface area contributed by atoms with Gasteiger partial charge in [-0.15, -0.1) is 0 Å². The molecule has 1 heterocycles. The Kier molecular flexibility index (Phi) is 3.49. The highest BCUT2D eigenvalue weighted by atomic mass is 16.3. The average molecular weight is 173 g/mol. The van der Waals surface area contributed by atoms with E-state index in [1.54, 1.807) is 6.92 Å². The number of piperazine rings is 1. The van der Waals surface area contributed by atoms with Gasteiger partial charge < -0.3 is 14.9 Å². The van der Waals surface area contributed by atoms with Crippen molar-refractivity contribution in [3.8, 4) is 0 Å². The van der Waals surface area contributed by atoms with Gasteiger partial charge in [0.15, 0.2) is 0 Å². The summed E-state index contributed by atoms with van der Waals surface area (Å²) in [6.07, 6.45) is 0. The van der Waals surface area contributed by atoms with E-state index in [1.165, 1.54) is 4.90 Å². The lowest BCUT2D eigenvalue weighted by atomic mass is 10.3. The molecule has 1 fully saturated rings. The van der Waals surface area contributed by atoms with Gasteiger partial charge >= 0.3 is 0 Å². The summed E-state index contributed by atoms with van der Waals surface area (Å²) < 4.78 is 0. The predicted octanol–water partition coefficient (Wildman–Crippen LogP) is -2.27. The number of aliphatic hydroxyl groups excluding tert-OH is 1. The summed E-state index contributed by atoms with van der Waals surface area (Å²) in [4.78, 5) is 14.2. The summed E-state index contributed by atoms with van der Waals surface area (Å²) in [5.41, 5.74) is 0. The van der Waals surface area contributed by atoms with Crippen LogP contribution >= 0.6 is 0 Å². The van der Waals surface area contributed by atoms with Gasteiger partial charge in [-0.3, -0.25) is 4.79 Å². The van der Waals surface area contributed by atoms with Crippen LogP contribution in [0, 0.1) is 0 Å². The number of carbonyl (C=O) groups excluding carboxylic acids is 1. The second-order valence-electron chi connectivity index (χ2n) is 3.23. The summed E-state index contributed by atoms with van der Waals surface area (Å²) in [6.45, 7) is 6.29. The molecule has 4 heteroatoms. The molecule has 0 unspecified atom stereocenters. The molecular formula is C8H17N2O2+. The Balaban J connectivity index is 2.25. The van der Waals surface area contributed by atoms with E-state index in [2.05, 4.69) is 0 Å². The molecule has 2 N–H and O–H groups in total. The zero-order valence-electron chi connectivity index (χ0n) is 7.55. The number of hydrogen-bond acceptors (Lipinski definition) is 2. The van der Waals surface area contributed by atoms with Crippen LogP contribution in [0.2, 0.25) is 0 Å². The first kappa shape index (κ1) is 9.48. The fraction of sp³-hybridized carbons (Fsp3) is 0.875. The molecule has 1 rings (SSSR count). The molecule has 0 saturated carbocycles. The van der Waals surface area contributed by atoms with Crippen LogP contribution in [0.15, 0.2) is 0 Å². The van der Waals surface area contributed by atoms with Crippen LogP contribution in [0.4, 0.5) is 0 Å². The molecule has 0 aromatic heterocycles. The second-order valence-corrected chi connectivity index (χ2v) is 3.23. The number of nitrogens with one attached hydrogen (secondary N) is 1. The summed E-state index contributed by atoms with van der Waals surface area (Å²) >= 11 is 0. The summed E-state index contributed by atoms with van der Waals surface area (Å²) in [5.74, 6) is 0.165. The third kappa shape index (κ3) is 2.46. The minimum Gasteiger partial charge on any atom is -0.391 e. The fourth-order valence-electron chi connectivity index (χ4n) is 1.55. The molecule has 0 aromatic carbocycles. The quantitative estimate of drug-likeness (QED) is 0.494. The van der Waals surface area contributed by atoms with Crippen molar-refractivity contribution in [3.63, 3.8) is 0 Å². The third-order valence-corrected chi connectivity index (χ3v) is 2.38. The summed E-state index contributed by atoms with van der Waals surface area (Å²) in [5, 5.41) is 8.69. The zero-order valence-corrected chi connectivity index (χ0v) is 7.55. The highest BCUT2D eigenvalue weighted by molar-refractivity contribution is 5.73. The van der Waals surface area contributed by atoms with E-state index >= 15 is 0 Å². The summed E-state index contributed by atoms with van der Waals surface area (Å²) in [6, 6.07) is 0. The lowest BCUT2D eigenvalue weighted by Crippen LogP contribution is -3.15. The fourth-order valence-corrected chi connectivity index (χ4v) is 1.55. The lowest BCUT2D eigenvalue weighted by Gasteiger charge is -2.31. The van der Waals surface area contributed by atoms with Crippen LogP contribution in [0.5, 0.6) is 0 Å². The maximum atomic E-state index is 10.9. The number of carbonyl (C=O) groups is 1. The van der Waals surface area contributed by atoms with Crippen molar-refractivity contribution in [3.05, 3.63) is 0 Å². The van der Waals surface area contributed by atoms with Crippen molar-refractivity contribution >= 4 is 5.91 Å². The van der Waals surface area contributed by atoms with Crippen LogP contribution in [0.1, 0.15) is 6.92 Å². The molecule has 0 spiro atoms. The number of quaternary nitrogens is 1. The van der Waals surface area contributed by atoms with E-state index < -0.39 is 0 Å². The molecule has 0 atom stereocenters. The largest absolute Gasteiger partial charge is 0.391 e. The Labute approximate surface area is 72.8 Å². The zero-order chi connectivity index (χ0) is 8.97. The van der Waals surface area contributed by atoms with Crippen molar-refractivity contribution in [1.29, 1.82) is 0 Å². The van der Waals surface area contributed by atoms with Crippen molar-refractivity contribution in [2.24, 2.45) is 0 Å². The highest BCUT2D eigenvalue weighted by Gasteiger charge is 2.20. The van der Waals surface area contributed by atoms with Gasteiger partial charge in [-0.1, -0.05) is 0 Å². The molecule has 1 aliphatic rings. The number of amides is 1. The number of rotatable bonds is 2. The topological polar surface area (TPSA) is 45.0 Å². The minimum atomic E-state index is 0.165. The van der Waals surface area contributed by atoms with Crippen molar-refractivity contribution < 1.29 is 14.8 Å². The molecule has 0 radical (unpaired) electrons. The predicted molar refractivity (Wildman–Crippen MR) is 44.9 cm³/mol. The average Bonchev–Trinajstić information content (AvgIpc) is 2.06. The Morgan fingerprint density at radius 2 is 2.08 bits per heavy atom. The van der Waals surface area contributed by atoms with Crippen molar-refractivity contribution in [2.75, 3.05) is 39.3 Å². The van der Waals surface area contributed by atoms with Gasteiger partial charge in [0, 0.05) is 6.92 Å². The van der Waals surface area contributed by atoms with E-state index in [-0.39, 0.29) is 12.5 Å². The van der Waals surface area contributed by atoms with Gasteiger partial charge in [0.05, 0.1) is 32.8 Å². The third-order valence-electron chi connectivity index (χ3n) is 2.38. The molecule has 0 bridgehead atoms. The Hall–Kier alpha value is -0.610. The van der Waals surface area contributed by atoms with Crippen LogP contribution in [-0.2, 0) is 4.79 Å². The number of nitrogens with zero attached hydrogens (tertiary/aromatic N) is 1. The van der Waals surface area contributed by atoms with Crippen LogP contribution < -0.4 is 4.90 Å². The monoisotopic (exact) mass is 173 g/mol. The lowest BCUT2D eigenvalue weighted by molar-refractivity contribution is -0.904. The van der Waals surface area contributed by atoms with Crippen LogP contribution in [0.25, 0.3) is 0 Å². The van der Waals surface area contributed by atoms with Gasteiger partial charge in [0.2, 0.25) is 5.91 Å². The van der Waals surface area contributed by atoms with Crippen molar-refractivity contribution in [1.82, 2.24) is 4.90 Å². The molecule has 4 nitrogen and oxygen atoms in total. The smallest absolute Gasteiger partial charge is 0.219 e. The van der Waals surface area contributed by atoms with Crippen LogP contribution in [0.3, 0.4) is 0 Å². The van der Waals surface area contributed by atoms with E-state index in [0.717, 1.165) is 32.7 Å². The second kappa shape index (κ2) is 4.42. The Morgan fingerprint density at radius 1 is 1.50 bits per heavy atom. The molecule has 0 aromatic rings. The first-order valence-electron chi connectivity index (χ1n) is 4.44. The Bertz CT molecular complexity index is 153. The van der Waals surface area contributed by atoms with Gasteiger partial charge in [0.25, 0.3) is 0 Å². The van der Waals surface area contributed by atoms with Gasteiger partial charge in [-0.05, 0) is 0 Å². The SMILES string of the molecule is CC(=O)N1CC[NH+](CCO)CC1. The minimum absolute atomic E-state index is 0.165. The van der Waals surface area contributed by atoms with Gasteiger partial charge in [0.1, 0.15) is 6.54 Å². The van der Waals surface area contributed by atoms with E-state index in [1.807, 2.05) is 4.90 Å². The maximum Gasteiger partial charge on any atom is 0.219 e. The van der Waals surface area contributed by atoms with Gasteiger partial charge in [-0.2, -0.15) is 0 Å². The highest BCUT2D eigenvalue weighted by Crippen LogP contribution is 1.88. The molecule has 12 heavy (non-hydrogen) atoms. The molecule has 1 saturated heterocycles. The Morgan fingerprint density at radius 3 is 2.50 bits per heavy atom. The van der Waals surface area contributed by atoms with E-state index in [0.29, 0.717) is 0 Å². The first-order valence-corrected chi connectivity index (χ1v) is 4.44. The van der Waals surface area contributed by atoms with Crippen molar-refractivity contribution in [2.45, 2.75) is 6.92 Å². The molecular weight excluding hydrogens is 156 g/mol. The van der Waals surface area contributed by atoms with Crippen LogP contribution in [-0.4, -0.2) is 55.2 Å². The standard InChI is InChI=1S/C8H16N2O2/c1-8(12)10-4-2-9(3-5-10)6-7-11/h11H,2-7H2,1H3/p+1. The molecule has 1 aliphatic heterocycles. The maximum absolute atomic E-state index is 10.9. The van der Waals surface area contributed by atoms with E-state index in [9.17, 15) is 4.79 Å². The number of hydrogen-bond donors (Lipinski definition) is 2. The van der Waals surface area contributed by atoms with Gasteiger partial charge in [-0.25, -0.2) is 0 Å². The molecule has 1 amide bonds. The number of aliphatic hydroxyl groups is 1. The normalized spacial score (nSPS) is 19.7. The summed E-state index contributed by atoms with van der Waals surface area (Å²) in [7, 11) is 0. The van der Waals surface area contributed by atoms with E-state index in [4.69, 9.17) is 5.11 Å².